The Balaban J connectivity index is 1.65. The van der Waals surface area contributed by atoms with Crippen LogP contribution in [0.15, 0.2) is 24.5 Å². The molecule has 0 radical (unpaired) electrons. The van der Waals surface area contributed by atoms with Crippen LogP contribution in [0.3, 0.4) is 0 Å². The van der Waals surface area contributed by atoms with Crippen LogP contribution in [0.2, 0.25) is 0 Å². The minimum atomic E-state index is -0.520. The maximum Gasteiger partial charge on any atom is 0.251 e. The molecule has 1 aliphatic heterocycles. The number of H-pyrrole nitrogens is 1. The molecule has 116 valence electrons. The molecule has 2 amide bonds. The molecule has 0 spiro atoms. The van der Waals surface area contributed by atoms with Gasteiger partial charge < -0.3 is 15.2 Å². The van der Waals surface area contributed by atoms with Gasteiger partial charge in [0, 0.05) is 30.2 Å². The summed E-state index contributed by atoms with van der Waals surface area (Å²) < 4.78 is 0. The first-order valence-corrected chi connectivity index (χ1v) is 8.41. The van der Waals surface area contributed by atoms with Crippen molar-refractivity contribution >= 4 is 34.6 Å². The first-order valence-electron chi connectivity index (χ1n) is 7.25. The van der Waals surface area contributed by atoms with Gasteiger partial charge in [-0.25, -0.2) is 4.98 Å². The lowest BCUT2D eigenvalue weighted by Crippen LogP contribution is -2.49. The molecule has 0 saturated carbocycles. The zero-order valence-corrected chi connectivity index (χ0v) is 13.2. The highest BCUT2D eigenvalue weighted by Crippen LogP contribution is 2.13. The second-order valence-corrected chi connectivity index (χ2v) is 6.49. The Bertz CT molecular complexity index is 694. The van der Waals surface area contributed by atoms with E-state index >= 15 is 0 Å². The molecule has 1 fully saturated rings. The van der Waals surface area contributed by atoms with Crippen LogP contribution < -0.4 is 5.32 Å². The van der Waals surface area contributed by atoms with E-state index in [-0.39, 0.29) is 11.8 Å². The second-order valence-electron chi connectivity index (χ2n) is 5.27. The Morgan fingerprint density at radius 2 is 2.14 bits per heavy atom. The summed E-state index contributed by atoms with van der Waals surface area (Å²) in [6.45, 7) is 3.24. The number of rotatable bonds is 3. The van der Waals surface area contributed by atoms with E-state index in [9.17, 15) is 9.59 Å². The molecule has 2 N–H and O–H groups in total. The third-order valence-corrected chi connectivity index (χ3v) is 4.67. The van der Waals surface area contributed by atoms with Crippen molar-refractivity contribution in [1.82, 2.24) is 20.2 Å². The van der Waals surface area contributed by atoms with Gasteiger partial charge in [0.05, 0.1) is 17.4 Å². The SMILES string of the molecule is C[C@@H](NC(=O)c1ccc2nc[nH]c2c1)C(=O)N1CCSCC1. The smallest absolute Gasteiger partial charge is 0.251 e. The van der Waals surface area contributed by atoms with Crippen molar-refractivity contribution in [2.45, 2.75) is 13.0 Å². The van der Waals surface area contributed by atoms with Crippen molar-refractivity contribution in [3.05, 3.63) is 30.1 Å². The molecule has 7 heteroatoms. The zero-order chi connectivity index (χ0) is 15.5. The van der Waals surface area contributed by atoms with Crippen LogP contribution in [0.5, 0.6) is 0 Å². The lowest BCUT2D eigenvalue weighted by atomic mass is 10.1. The van der Waals surface area contributed by atoms with Crippen molar-refractivity contribution in [2.24, 2.45) is 0 Å². The predicted octanol–water partition coefficient (Wildman–Crippen LogP) is 1.26. The average molecular weight is 318 g/mol. The number of aromatic nitrogens is 2. The fourth-order valence-electron chi connectivity index (χ4n) is 2.48. The van der Waals surface area contributed by atoms with Gasteiger partial charge in [0.1, 0.15) is 6.04 Å². The highest BCUT2D eigenvalue weighted by molar-refractivity contribution is 7.99. The molecular formula is C15H18N4O2S. The molecule has 22 heavy (non-hydrogen) atoms. The number of hydrogen-bond donors (Lipinski definition) is 2. The maximum absolute atomic E-state index is 12.3. The zero-order valence-electron chi connectivity index (χ0n) is 12.3. The number of imidazole rings is 1. The van der Waals surface area contributed by atoms with Crippen LogP contribution in [0, 0.1) is 0 Å². The quantitative estimate of drug-likeness (QED) is 0.893. The number of fused-ring (bicyclic) bond motifs is 1. The molecule has 0 unspecified atom stereocenters. The summed E-state index contributed by atoms with van der Waals surface area (Å²) in [5, 5.41) is 2.78. The number of nitrogens with zero attached hydrogens (tertiary/aromatic N) is 2. The number of aromatic amines is 1. The largest absolute Gasteiger partial charge is 0.345 e. The third-order valence-electron chi connectivity index (χ3n) is 3.72. The molecule has 3 rings (SSSR count). The number of nitrogens with one attached hydrogen (secondary N) is 2. The molecule has 2 heterocycles. The Kier molecular flexibility index (Phi) is 4.33. The van der Waals surface area contributed by atoms with Crippen LogP contribution in [-0.4, -0.2) is 57.3 Å². The fraction of sp³-hybridized carbons (Fsp3) is 0.400. The van der Waals surface area contributed by atoms with Crippen molar-refractivity contribution in [3.8, 4) is 0 Å². The number of carbonyl (C=O) groups excluding carboxylic acids is 2. The predicted molar refractivity (Wildman–Crippen MR) is 86.9 cm³/mol. The van der Waals surface area contributed by atoms with E-state index in [0.29, 0.717) is 5.56 Å². The second kappa shape index (κ2) is 6.39. The summed E-state index contributed by atoms with van der Waals surface area (Å²) in [7, 11) is 0. The number of thioether (sulfide) groups is 1. The van der Waals surface area contributed by atoms with Gasteiger partial charge in [-0.05, 0) is 25.1 Å². The molecule has 0 bridgehead atoms. The summed E-state index contributed by atoms with van der Waals surface area (Å²) in [4.78, 5) is 33.5. The van der Waals surface area contributed by atoms with E-state index in [0.717, 1.165) is 35.6 Å². The first-order chi connectivity index (χ1) is 10.6. The van der Waals surface area contributed by atoms with E-state index in [1.807, 2.05) is 16.7 Å². The first kappa shape index (κ1) is 14.9. The highest BCUT2D eigenvalue weighted by atomic mass is 32.2. The highest BCUT2D eigenvalue weighted by Gasteiger charge is 2.23. The van der Waals surface area contributed by atoms with Gasteiger partial charge in [-0.1, -0.05) is 0 Å². The lowest BCUT2D eigenvalue weighted by Gasteiger charge is -2.29. The van der Waals surface area contributed by atoms with Crippen LogP contribution in [0.25, 0.3) is 11.0 Å². The Labute approximate surface area is 132 Å². The molecule has 1 aliphatic rings. The average Bonchev–Trinajstić information content (AvgIpc) is 3.02. The van der Waals surface area contributed by atoms with Crippen molar-refractivity contribution in [3.63, 3.8) is 0 Å². The lowest BCUT2D eigenvalue weighted by molar-refractivity contribution is -0.132. The molecule has 1 aromatic carbocycles. The van der Waals surface area contributed by atoms with Crippen molar-refractivity contribution in [2.75, 3.05) is 24.6 Å². The molecule has 2 aromatic rings. The molecule has 1 atom stereocenters. The number of hydrogen-bond acceptors (Lipinski definition) is 4. The normalized spacial score (nSPS) is 16.5. The Hall–Kier alpha value is -2.02. The van der Waals surface area contributed by atoms with E-state index in [1.165, 1.54) is 0 Å². The standard InChI is InChI=1S/C15H18N4O2S/c1-10(15(21)19-4-6-22-7-5-19)18-14(20)11-2-3-12-13(8-11)17-9-16-12/h2-3,8-10H,4-7H2,1H3,(H,16,17)(H,18,20)/t10-/m1/s1. The van der Waals surface area contributed by atoms with Crippen LogP contribution >= 0.6 is 11.8 Å². The van der Waals surface area contributed by atoms with Crippen LogP contribution in [0.4, 0.5) is 0 Å². The fourth-order valence-corrected chi connectivity index (χ4v) is 3.38. The Morgan fingerprint density at radius 3 is 2.91 bits per heavy atom. The minimum absolute atomic E-state index is 0.0173. The summed E-state index contributed by atoms with van der Waals surface area (Å²) in [6, 6.07) is 4.72. The van der Waals surface area contributed by atoms with Gasteiger partial charge in [0.25, 0.3) is 5.91 Å². The number of carbonyl (C=O) groups is 2. The molecular weight excluding hydrogens is 300 g/mol. The van der Waals surface area contributed by atoms with E-state index in [2.05, 4.69) is 15.3 Å². The molecule has 1 saturated heterocycles. The minimum Gasteiger partial charge on any atom is -0.345 e. The number of benzene rings is 1. The van der Waals surface area contributed by atoms with Crippen molar-refractivity contribution in [1.29, 1.82) is 0 Å². The third kappa shape index (κ3) is 3.09. The van der Waals surface area contributed by atoms with Crippen LogP contribution in [-0.2, 0) is 4.79 Å². The van der Waals surface area contributed by atoms with E-state index in [4.69, 9.17) is 0 Å². The van der Waals surface area contributed by atoms with Gasteiger partial charge in [0.2, 0.25) is 5.91 Å². The molecule has 6 nitrogen and oxygen atoms in total. The number of amides is 2. The van der Waals surface area contributed by atoms with Crippen molar-refractivity contribution < 1.29 is 9.59 Å². The Morgan fingerprint density at radius 1 is 1.36 bits per heavy atom. The van der Waals surface area contributed by atoms with Gasteiger partial charge in [-0.3, -0.25) is 9.59 Å². The summed E-state index contributed by atoms with van der Waals surface area (Å²) in [5.74, 6) is 1.66. The molecule has 1 aromatic heterocycles. The monoisotopic (exact) mass is 318 g/mol. The van der Waals surface area contributed by atoms with E-state index in [1.54, 1.807) is 31.5 Å². The maximum atomic E-state index is 12.3. The topological polar surface area (TPSA) is 78.1 Å². The van der Waals surface area contributed by atoms with Crippen LogP contribution in [0.1, 0.15) is 17.3 Å². The molecule has 0 aliphatic carbocycles. The summed E-state index contributed by atoms with van der Waals surface area (Å²) in [6.07, 6.45) is 1.59. The van der Waals surface area contributed by atoms with E-state index < -0.39 is 6.04 Å². The van der Waals surface area contributed by atoms with Gasteiger partial charge >= 0.3 is 0 Å². The summed E-state index contributed by atoms with van der Waals surface area (Å²) >= 11 is 1.85. The van der Waals surface area contributed by atoms with Gasteiger partial charge in [-0.15, -0.1) is 0 Å². The summed E-state index contributed by atoms with van der Waals surface area (Å²) in [5.41, 5.74) is 2.14. The van der Waals surface area contributed by atoms with Gasteiger partial charge in [0.15, 0.2) is 0 Å². The van der Waals surface area contributed by atoms with Gasteiger partial charge in [-0.2, -0.15) is 11.8 Å².